The van der Waals surface area contributed by atoms with Crippen molar-refractivity contribution in [1.29, 1.82) is 0 Å². The van der Waals surface area contributed by atoms with Gasteiger partial charge in [-0.2, -0.15) is 0 Å². The number of carbonyl (C=O) groups excluding carboxylic acids is 1. The summed E-state index contributed by atoms with van der Waals surface area (Å²) in [6.45, 7) is 6.74. The normalized spacial score (nSPS) is 28.9. The number of aliphatic imine (C=N–C) groups is 1. The van der Waals surface area contributed by atoms with Gasteiger partial charge < -0.3 is 5.32 Å². The zero-order valence-electron chi connectivity index (χ0n) is 12.7. The molecule has 1 amide bonds. The van der Waals surface area contributed by atoms with Gasteiger partial charge in [-0.15, -0.1) is 0 Å². The van der Waals surface area contributed by atoms with Crippen LogP contribution in [0.25, 0.3) is 0 Å². The molecular weight excluding hydrogens is 284 g/mol. The van der Waals surface area contributed by atoms with E-state index in [1.54, 1.807) is 0 Å². The Hall–Kier alpha value is -1.35. The number of hydrogen-bond acceptors (Lipinski definition) is 2. The fraction of sp³-hybridized carbons (Fsp3) is 0.529. The van der Waals surface area contributed by atoms with Crippen LogP contribution in [0.15, 0.2) is 29.3 Å². The van der Waals surface area contributed by atoms with Gasteiger partial charge in [0.1, 0.15) is 5.84 Å². The summed E-state index contributed by atoms with van der Waals surface area (Å²) < 4.78 is 0. The summed E-state index contributed by atoms with van der Waals surface area (Å²) in [6.07, 6.45) is 1.94. The third-order valence-corrected chi connectivity index (χ3v) is 5.00. The van der Waals surface area contributed by atoms with Crippen molar-refractivity contribution in [1.82, 2.24) is 5.32 Å². The number of fused-ring (bicyclic) bond motifs is 1. The van der Waals surface area contributed by atoms with Gasteiger partial charge in [-0.3, -0.25) is 9.79 Å². The van der Waals surface area contributed by atoms with E-state index in [1.807, 2.05) is 24.3 Å². The summed E-state index contributed by atoms with van der Waals surface area (Å²) in [6, 6.07) is 7.57. The lowest BCUT2D eigenvalue weighted by atomic mass is 9.79. The third kappa shape index (κ3) is 2.84. The average molecular weight is 305 g/mol. The van der Waals surface area contributed by atoms with Crippen molar-refractivity contribution in [3.63, 3.8) is 0 Å². The van der Waals surface area contributed by atoms with Gasteiger partial charge in [-0.25, -0.2) is 0 Å². The molecule has 3 atom stereocenters. The Morgan fingerprint density at radius 2 is 1.86 bits per heavy atom. The predicted octanol–water partition coefficient (Wildman–Crippen LogP) is 3.66. The van der Waals surface area contributed by atoms with E-state index in [1.165, 1.54) is 0 Å². The summed E-state index contributed by atoms with van der Waals surface area (Å²) in [4.78, 5) is 17.2. The second kappa shape index (κ2) is 5.13. The highest BCUT2D eigenvalue weighted by atomic mass is 35.5. The molecule has 21 heavy (non-hydrogen) atoms. The number of nitrogens with one attached hydrogen (secondary N) is 1. The first-order valence-electron chi connectivity index (χ1n) is 7.49. The van der Waals surface area contributed by atoms with Gasteiger partial charge in [-0.1, -0.05) is 32.4 Å². The van der Waals surface area contributed by atoms with Gasteiger partial charge in [0.25, 0.3) is 0 Å². The molecule has 1 aliphatic heterocycles. The lowest BCUT2D eigenvalue weighted by Gasteiger charge is -2.26. The molecule has 0 radical (unpaired) electrons. The summed E-state index contributed by atoms with van der Waals surface area (Å²) >= 11 is 5.91. The lowest BCUT2D eigenvalue weighted by Crippen LogP contribution is -2.44. The Bertz CT molecular complexity index is 586. The molecule has 0 unspecified atom stereocenters. The molecule has 1 saturated carbocycles. The molecule has 0 bridgehead atoms. The molecule has 1 fully saturated rings. The van der Waals surface area contributed by atoms with Crippen LogP contribution in [-0.4, -0.2) is 17.8 Å². The second-order valence-corrected chi connectivity index (χ2v) is 7.62. The smallest absolute Gasteiger partial charge is 0.230 e. The highest BCUT2D eigenvalue weighted by Crippen LogP contribution is 2.44. The average Bonchev–Trinajstić information content (AvgIpc) is 2.84. The maximum atomic E-state index is 12.4. The van der Waals surface area contributed by atoms with Crippen LogP contribution in [-0.2, 0) is 4.79 Å². The second-order valence-electron chi connectivity index (χ2n) is 7.18. The van der Waals surface area contributed by atoms with Crippen LogP contribution in [0, 0.1) is 17.3 Å². The third-order valence-electron chi connectivity index (χ3n) is 4.74. The highest BCUT2D eigenvalue weighted by Gasteiger charge is 2.45. The molecule has 0 aromatic heterocycles. The van der Waals surface area contributed by atoms with E-state index >= 15 is 0 Å². The Kier molecular flexibility index (Phi) is 3.56. The molecule has 3 nitrogen and oxygen atoms in total. The number of rotatable bonds is 1. The molecule has 2 aliphatic rings. The van der Waals surface area contributed by atoms with Crippen LogP contribution in [0.3, 0.4) is 0 Å². The SMILES string of the molecule is CC(C)(C)[C@H]1C[C@@H]2N=C(c3ccc(Cl)cc3)NC(=O)[C@@H]2C1. The van der Waals surface area contributed by atoms with Crippen molar-refractivity contribution in [3.8, 4) is 0 Å². The van der Waals surface area contributed by atoms with Gasteiger partial charge in [0.05, 0.1) is 12.0 Å². The van der Waals surface area contributed by atoms with E-state index in [2.05, 4.69) is 26.1 Å². The molecule has 1 aromatic carbocycles. The largest absolute Gasteiger partial charge is 0.310 e. The zero-order chi connectivity index (χ0) is 15.2. The summed E-state index contributed by atoms with van der Waals surface area (Å²) in [5.41, 5.74) is 1.15. The van der Waals surface area contributed by atoms with Crippen molar-refractivity contribution < 1.29 is 4.79 Å². The predicted molar refractivity (Wildman–Crippen MR) is 85.6 cm³/mol. The van der Waals surface area contributed by atoms with Crippen molar-refractivity contribution >= 4 is 23.3 Å². The standard InChI is InChI=1S/C17H21ClN2O/c1-17(2,3)11-8-13-14(9-11)19-15(20-16(13)21)10-4-6-12(18)7-5-10/h4-7,11,13-14H,8-9H2,1-3H3,(H,19,20,21)/t11-,13-,14+/m1/s1. The Morgan fingerprint density at radius 3 is 2.48 bits per heavy atom. The number of amidine groups is 1. The van der Waals surface area contributed by atoms with Crippen LogP contribution in [0.1, 0.15) is 39.2 Å². The molecule has 1 aliphatic carbocycles. The van der Waals surface area contributed by atoms with Crippen LogP contribution in [0.2, 0.25) is 5.02 Å². The first-order valence-corrected chi connectivity index (χ1v) is 7.87. The Morgan fingerprint density at radius 1 is 1.19 bits per heavy atom. The monoisotopic (exact) mass is 304 g/mol. The molecule has 3 rings (SSSR count). The van der Waals surface area contributed by atoms with Gasteiger partial charge in [0.15, 0.2) is 0 Å². The Labute approximate surface area is 130 Å². The first-order chi connectivity index (χ1) is 9.84. The van der Waals surface area contributed by atoms with Crippen LogP contribution >= 0.6 is 11.6 Å². The van der Waals surface area contributed by atoms with Crippen LogP contribution in [0.5, 0.6) is 0 Å². The fourth-order valence-corrected chi connectivity index (χ4v) is 3.44. The first kappa shape index (κ1) is 14.6. The minimum atomic E-state index is 0.0327. The van der Waals surface area contributed by atoms with Crippen molar-refractivity contribution in [2.24, 2.45) is 22.2 Å². The van der Waals surface area contributed by atoms with Gasteiger partial charge in [-0.05, 0) is 48.4 Å². The highest BCUT2D eigenvalue weighted by molar-refractivity contribution is 6.30. The number of amides is 1. The van der Waals surface area contributed by atoms with Gasteiger partial charge >= 0.3 is 0 Å². The number of benzene rings is 1. The molecule has 1 heterocycles. The molecular formula is C17H21ClN2O. The number of carbonyl (C=O) groups is 1. The van der Waals surface area contributed by atoms with Crippen molar-refractivity contribution in [3.05, 3.63) is 34.9 Å². The van der Waals surface area contributed by atoms with E-state index < -0.39 is 0 Å². The van der Waals surface area contributed by atoms with Gasteiger partial charge in [0.2, 0.25) is 5.91 Å². The number of halogens is 1. The maximum Gasteiger partial charge on any atom is 0.230 e. The summed E-state index contributed by atoms with van der Waals surface area (Å²) in [5, 5.41) is 3.65. The minimum Gasteiger partial charge on any atom is -0.310 e. The zero-order valence-corrected chi connectivity index (χ0v) is 13.4. The van der Waals surface area contributed by atoms with E-state index in [9.17, 15) is 4.79 Å². The van der Waals surface area contributed by atoms with E-state index in [0.717, 1.165) is 18.4 Å². The fourth-order valence-electron chi connectivity index (χ4n) is 3.31. The minimum absolute atomic E-state index is 0.0327. The number of nitrogens with zero attached hydrogens (tertiary/aromatic N) is 1. The molecule has 1 aromatic rings. The quantitative estimate of drug-likeness (QED) is 0.845. The van der Waals surface area contributed by atoms with E-state index in [-0.39, 0.29) is 23.3 Å². The van der Waals surface area contributed by atoms with Crippen LogP contribution in [0.4, 0.5) is 0 Å². The number of hydrogen-bond donors (Lipinski definition) is 1. The van der Waals surface area contributed by atoms with Crippen molar-refractivity contribution in [2.45, 2.75) is 39.7 Å². The molecule has 4 heteroatoms. The molecule has 112 valence electrons. The summed E-state index contributed by atoms with van der Waals surface area (Å²) in [7, 11) is 0. The molecule has 0 saturated heterocycles. The van der Waals surface area contributed by atoms with Crippen molar-refractivity contribution in [2.75, 3.05) is 0 Å². The maximum absolute atomic E-state index is 12.4. The summed E-state index contributed by atoms with van der Waals surface area (Å²) in [5.74, 6) is 1.39. The van der Waals surface area contributed by atoms with Gasteiger partial charge in [0, 0.05) is 10.6 Å². The molecule has 0 spiro atoms. The Balaban J connectivity index is 1.87. The van der Waals surface area contributed by atoms with Crippen LogP contribution < -0.4 is 5.32 Å². The van der Waals surface area contributed by atoms with E-state index in [0.29, 0.717) is 16.8 Å². The topological polar surface area (TPSA) is 41.5 Å². The lowest BCUT2D eigenvalue weighted by molar-refractivity contribution is -0.124. The molecule has 1 N–H and O–H groups in total. The van der Waals surface area contributed by atoms with E-state index in [4.69, 9.17) is 16.6 Å².